The number of ether oxygens (including phenoxy) is 1. The van der Waals surface area contributed by atoms with Gasteiger partial charge in [0.1, 0.15) is 11.3 Å². The van der Waals surface area contributed by atoms with Crippen LogP contribution in [0.2, 0.25) is 0 Å². The summed E-state index contributed by atoms with van der Waals surface area (Å²) in [5.41, 5.74) is 0.965. The van der Waals surface area contributed by atoms with Crippen LogP contribution in [0, 0.1) is 0 Å². The van der Waals surface area contributed by atoms with Gasteiger partial charge in [0.15, 0.2) is 0 Å². The number of fused-ring (bicyclic) bond motifs is 1. The number of aromatic nitrogens is 3. The van der Waals surface area contributed by atoms with E-state index < -0.39 is 0 Å². The predicted molar refractivity (Wildman–Crippen MR) is 94.7 cm³/mol. The molecule has 0 saturated heterocycles. The van der Waals surface area contributed by atoms with Crippen molar-refractivity contribution in [1.82, 2.24) is 15.0 Å². The quantitative estimate of drug-likeness (QED) is 0.745. The summed E-state index contributed by atoms with van der Waals surface area (Å²) in [7, 11) is 0. The van der Waals surface area contributed by atoms with E-state index in [0.717, 1.165) is 5.75 Å². The first-order valence-electron chi connectivity index (χ1n) is 8.02. The molecule has 0 spiro atoms. The number of hydrogen-bond donors (Lipinski definition) is 1. The molecule has 7 heteroatoms. The van der Waals surface area contributed by atoms with Gasteiger partial charge in [-0.05, 0) is 43.3 Å². The summed E-state index contributed by atoms with van der Waals surface area (Å²) in [6, 6.07) is 14.1. The first-order valence-corrected chi connectivity index (χ1v) is 8.02. The lowest BCUT2D eigenvalue weighted by molar-refractivity contribution is -0.116. The molecule has 1 aromatic heterocycles. The molecule has 0 aliphatic carbocycles. The van der Waals surface area contributed by atoms with Crippen LogP contribution in [0.5, 0.6) is 5.75 Å². The van der Waals surface area contributed by atoms with Gasteiger partial charge >= 0.3 is 0 Å². The van der Waals surface area contributed by atoms with Gasteiger partial charge in [0.25, 0.3) is 5.56 Å². The molecule has 0 aliphatic rings. The van der Waals surface area contributed by atoms with Crippen LogP contribution in [-0.2, 0) is 11.3 Å². The summed E-state index contributed by atoms with van der Waals surface area (Å²) >= 11 is 0. The zero-order valence-electron chi connectivity index (χ0n) is 13.8. The number of nitrogens with one attached hydrogen (secondary N) is 1. The molecule has 25 heavy (non-hydrogen) atoms. The molecule has 1 amide bonds. The molecule has 0 aliphatic heterocycles. The molecular formula is C18H18N4O3. The van der Waals surface area contributed by atoms with Gasteiger partial charge in [0.2, 0.25) is 5.91 Å². The van der Waals surface area contributed by atoms with Crippen LogP contribution in [0.1, 0.15) is 13.3 Å². The molecule has 7 nitrogen and oxygen atoms in total. The second-order valence-corrected chi connectivity index (χ2v) is 5.39. The third-order valence-electron chi connectivity index (χ3n) is 3.63. The summed E-state index contributed by atoms with van der Waals surface area (Å²) < 4.78 is 6.56. The fourth-order valence-corrected chi connectivity index (χ4v) is 2.40. The lowest BCUT2D eigenvalue weighted by Gasteiger charge is -2.08. The SMILES string of the molecule is CCOc1ccc(NC(=O)CCn2nnc3ccccc3c2=O)cc1. The highest BCUT2D eigenvalue weighted by Gasteiger charge is 2.08. The average Bonchev–Trinajstić information content (AvgIpc) is 2.63. The van der Waals surface area contributed by atoms with Crippen LogP contribution in [0.4, 0.5) is 5.69 Å². The highest BCUT2D eigenvalue weighted by atomic mass is 16.5. The Labute approximate surface area is 144 Å². The molecule has 1 heterocycles. The van der Waals surface area contributed by atoms with Crippen LogP contribution in [0.25, 0.3) is 10.9 Å². The van der Waals surface area contributed by atoms with Crippen LogP contribution in [-0.4, -0.2) is 27.5 Å². The molecule has 0 unspecified atom stereocenters. The fourth-order valence-electron chi connectivity index (χ4n) is 2.40. The number of amides is 1. The largest absolute Gasteiger partial charge is 0.494 e. The first kappa shape index (κ1) is 16.6. The molecule has 3 aromatic rings. The van der Waals surface area contributed by atoms with Crippen molar-refractivity contribution < 1.29 is 9.53 Å². The average molecular weight is 338 g/mol. The molecule has 0 atom stereocenters. The molecular weight excluding hydrogens is 320 g/mol. The van der Waals surface area contributed by atoms with Crippen LogP contribution in [0.15, 0.2) is 53.3 Å². The summed E-state index contributed by atoms with van der Waals surface area (Å²) in [6.45, 7) is 2.67. The maximum atomic E-state index is 12.3. The van der Waals surface area contributed by atoms with Crippen LogP contribution >= 0.6 is 0 Å². The monoisotopic (exact) mass is 338 g/mol. The van der Waals surface area contributed by atoms with E-state index in [0.29, 0.717) is 23.2 Å². The Morgan fingerprint density at radius 3 is 2.68 bits per heavy atom. The van der Waals surface area contributed by atoms with E-state index in [1.165, 1.54) is 4.68 Å². The molecule has 2 aromatic carbocycles. The number of hydrogen-bond acceptors (Lipinski definition) is 5. The van der Waals surface area contributed by atoms with Gasteiger partial charge in [-0.25, -0.2) is 4.68 Å². The highest BCUT2D eigenvalue weighted by Crippen LogP contribution is 2.15. The van der Waals surface area contributed by atoms with Crippen molar-refractivity contribution in [2.75, 3.05) is 11.9 Å². The normalized spacial score (nSPS) is 10.6. The third-order valence-corrected chi connectivity index (χ3v) is 3.63. The second-order valence-electron chi connectivity index (χ2n) is 5.39. The molecule has 1 N–H and O–H groups in total. The highest BCUT2D eigenvalue weighted by molar-refractivity contribution is 5.90. The van der Waals surface area contributed by atoms with Gasteiger partial charge in [0, 0.05) is 12.1 Å². The van der Waals surface area contributed by atoms with Gasteiger partial charge in [-0.2, -0.15) is 0 Å². The summed E-state index contributed by atoms with van der Waals surface area (Å²) in [6.07, 6.45) is 0.125. The Morgan fingerprint density at radius 2 is 1.92 bits per heavy atom. The first-order chi connectivity index (χ1) is 12.2. The van der Waals surface area contributed by atoms with Gasteiger partial charge in [-0.1, -0.05) is 17.3 Å². The van der Waals surface area contributed by atoms with Gasteiger partial charge in [-0.3, -0.25) is 9.59 Å². The molecule has 0 saturated carbocycles. The Kier molecular flexibility index (Phi) is 5.03. The Morgan fingerprint density at radius 1 is 1.16 bits per heavy atom. The Bertz CT molecular complexity index is 935. The zero-order valence-corrected chi connectivity index (χ0v) is 13.8. The topological polar surface area (TPSA) is 86.1 Å². The predicted octanol–water partition coefficient (Wildman–Crippen LogP) is 2.22. The number of carbonyl (C=O) groups excluding carboxylic acids is 1. The molecule has 0 bridgehead atoms. The number of nitrogens with zero attached hydrogens (tertiary/aromatic N) is 3. The standard InChI is InChI=1S/C18H18N4O3/c1-2-25-14-9-7-13(8-10-14)19-17(23)11-12-22-18(24)15-5-3-4-6-16(15)20-21-22/h3-10H,2,11-12H2,1H3,(H,19,23). The second kappa shape index (κ2) is 7.57. The van der Waals surface area contributed by atoms with Crippen molar-refractivity contribution in [3.63, 3.8) is 0 Å². The lowest BCUT2D eigenvalue weighted by Crippen LogP contribution is -2.26. The van der Waals surface area contributed by atoms with Crippen molar-refractivity contribution in [3.8, 4) is 5.75 Å². The van der Waals surface area contributed by atoms with E-state index in [2.05, 4.69) is 15.6 Å². The van der Waals surface area contributed by atoms with Crippen molar-refractivity contribution in [2.45, 2.75) is 19.9 Å². The van der Waals surface area contributed by atoms with Crippen molar-refractivity contribution in [3.05, 3.63) is 58.9 Å². The molecule has 0 fully saturated rings. The minimum Gasteiger partial charge on any atom is -0.494 e. The van der Waals surface area contributed by atoms with E-state index in [9.17, 15) is 9.59 Å². The van der Waals surface area contributed by atoms with Crippen LogP contribution in [0.3, 0.4) is 0 Å². The number of anilines is 1. The van der Waals surface area contributed by atoms with Crippen molar-refractivity contribution in [1.29, 1.82) is 0 Å². The van der Waals surface area contributed by atoms with Gasteiger partial charge in [0.05, 0.1) is 18.5 Å². The Hall–Kier alpha value is -3.22. The van der Waals surface area contributed by atoms with Gasteiger partial charge < -0.3 is 10.1 Å². The minimum absolute atomic E-state index is 0.125. The Balaban J connectivity index is 1.62. The van der Waals surface area contributed by atoms with Crippen LogP contribution < -0.4 is 15.6 Å². The number of benzene rings is 2. The molecule has 0 radical (unpaired) electrons. The van der Waals surface area contributed by atoms with E-state index in [1.54, 1.807) is 48.5 Å². The maximum absolute atomic E-state index is 12.3. The number of aryl methyl sites for hydroxylation is 1. The fraction of sp³-hybridized carbons (Fsp3) is 0.222. The van der Waals surface area contributed by atoms with Gasteiger partial charge in [-0.15, -0.1) is 5.10 Å². The maximum Gasteiger partial charge on any atom is 0.277 e. The van der Waals surface area contributed by atoms with Crippen molar-refractivity contribution in [2.24, 2.45) is 0 Å². The van der Waals surface area contributed by atoms with E-state index in [4.69, 9.17) is 4.74 Å². The summed E-state index contributed by atoms with van der Waals surface area (Å²) in [5.74, 6) is 0.546. The van der Waals surface area contributed by atoms with E-state index in [-0.39, 0.29) is 24.4 Å². The minimum atomic E-state index is -0.250. The summed E-state index contributed by atoms with van der Waals surface area (Å²) in [5, 5.41) is 11.1. The molecule has 128 valence electrons. The third kappa shape index (κ3) is 4.00. The van der Waals surface area contributed by atoms with Crippen molar-refractivity contribution >= 4 is 22.5 Å². The smallest absolute Gasteiger partial charge is 0.277 e. The number of carbonyl (C=O) groups is 1. The zero-order chi connectivity index (χ0) is 17.6. The van der Waals surface area contributed by atoms with E-state index >= 15 is 0 Å². The number of rotatable bonds is 6. The molecule has 3 rings (SSSR count). The summed E-state index contributed by atoms with van der Waals surface area (Å²) in [4.78, 5) is 24.4. The van der Waals surface area contributed by atoms with E-state index in [1.807, 2.05) is 6.92 Å². The lowest BCUT2D eigenvalue weighted by atomic mass is 10.2.